The van der Waals surface area contributed by atoms with E-state index in [0.717, 1.165) is 24.0 Å². The van der Waals surface area contributed by atoms with Crippen LogP contribution in [0.25, 0.3) is 0 Å². The third-order valence-electron chi connectivity index (χ3n) is 3.39. The van der Waals surface area contributed by atoms with Crippen molar-refractivity contribution in [2.75, 3.05) is 13.1 Å². The van der Waals surface area contributed by atoms with Gasteiger partial charge < -0.3 is 0 Å². The Bertz CT molecular complexity index is 612. The van der Waals surface area contributed by atoms with Crippen molar-refractivity contribution in [1.29, 1.82) is 0 Å². The van der Waals surface area contributed by atoms with Crippen molar-refractivity contribution < 1.29 is 8.42 Å². The number of sulfonamides is 1. The van der Waals surface area contributed by atoms with Gasteiger partial charge in [-0.05, 0) is 38.8 Å². The van der Waals surface area contributed by atoms with Gasteiger partial charge in [-0.25, -0.2) is 8.42 Å². The molecule has 0 aromatic heterocycles. The van der Waals surface area contributed by atoms with Gasteiger partial charge in [0.1, 0.15) is 0 Å². The molecule has 0 bridgehead atoms. The van der Waals surface area contributed by atoms with E-state index in [2.05, 4.69) is 6.08 Å². The van der Waals surface area contributed by atoms with Crippen LogP contribution in [0.2, 0.25) is 0 Å². The van der Waals surface area contributed by atoms with Crippen molar-refractivity contribution >= 4 is 10.0 Å². The van der Waals surface area contributed by atoms with Gasteiger partial charge in [0.15, 0.2) is 0 Å². The maximum atomic E-state index is 12.7. The zero-order chi connectivity index (χ0) is 14.6. The molecule has 0 atom stereocenters. The highest BCUT2D eigenvalue weighted by atomic mass is 32.2. The molecule has 1 aliphatic rings. The van der Waals surface area contributed by atoms with E-state index in [9.17, 15) is 8.42 Å². The SMILES string of the molecule is C/C1=C\CC/C=C\CN(S(=O)(=O)c2ccc(C)cc2)C1. The fourth-order valence-electron chi connectivity index (χ4n) is 2.19. The second kappa shape index (κ2) is 6.37. The molecule has 0 spiro atoms. The molecular weight excluding hydrogens is 270 g/mol. The normalized spacial score (nSPS) is 22.2. The quantitative estimate of drug-likeness (QED) is 0.784. The average molecular weight is 291 g/mol. The van der Waals surface area contributed by atoms with Gasteiger partial charge in [0.25, 0.3) is 0 Å². The first-order valence-electron chi connectivity index (χ1n) is 6.87. The van der Waals surface area contributed by atoms with Gasteiger partial charge in [-0.15, -0.1) is 0 Å². The van der Waals surface area contributed by atoms with Crippen LogP contribution in [0.3, 0.4) is 0 Å². The van der Waals surface area contributed by atoms with E-state index in [1.165, 1.54) is 4.31 Å². The third kappa shape index (κ3) is 3.58. The summed E-state index contributed by atoms with van der Waals surface area (Å²) in [6, 6.07) is 7.03. The molecule has 0 N–H and O–H groups in total. The number of hydrogen-bond acceptors (Lipinski definition) is 2. The highest BCUT2D eigenvalue weighted by Crippen LogP contribution is 2.18. The summed E-state index contributed by atoms with van der Waals surface area (Å²) in [6.07, 6.45) is 8.05. The molecule has 0 amide bonds. The van der Waals surface area contributed by atoms with Crippen LogP contribution in [0.15, 0.2) is 53.0 Å². The number of rotatable bonds is 2. The maximum absolute atomic E-state index is 12.7. The van der Waals surface area contributed by atoms with Crippen LogP contribution in [-0.4, -0.2) is 25.8 Å². The second-order valence-corrected chi connectivity index (χ2v) is 7.15. The smallest absolute Gasteiger partial charge is 0.207 e. The Balaban J connectivity index is 2.32. The van der Waals surface area contributed by atoms with Crippen molar-refractivity contribution in [1.82, 2.24) is 4.31 Å². The Hall–Kier alpha value is -1.39. The van der Waals surface area contributed by atoms with Gasteiger partial charge >= 0.3 is 0 Å². The summed E-state index contributed by atoms with van der Waals surface area (Å²) in [6.45, 7) is 4.83. The first-order valence-corrected chi connectivity index (χ1v) is 8.31. The molecule has 1 aromatic rings. The van der Waals surface area contributed by atoms with Gasteiger partial charge in [-0.2, -0.15) is 4.31 Å². The molecule has 0 aliphatic carbocycles. The molecule has 3 nitrogen and oxygen atoms in total. The number of aryl methyl sites for hydroxylation is 1. The van der Waals surface area contributed by atoms with Gasteiger partial charge in [0.2, 0.25) is 10.0 Å². The van der Waals surface area contributed by atoms with Crippen molar-refractivity contribution in [3.05, 3.63) is 53.6 Å². The van der Waals surface area contributed by atoms with Crippen LogP contribution in [0.5, 0.6) is 0 Å². The second-order valence-electron chi connectivity index (χ2n) is 5.21. The number of allylic oxidation sites excluding steroid dienone is 2. The van der Waals surface area contributed by atoms with E-state index < -0.39 is 10.0 Å². The first kappa shape index (κ1) is 15.0. The average Bonchev–Trinajstić information content (AvgIpc) is 2.51. The molecule has 0 saturated carbocycles. The minimum atomic E-state index is -3.43. The van der Waals surface area contributed by atoms with Crippen LogP contribution in [-0.2, 0) is 10.0 Å². The van der Waals surface area contributed by atoms with Gasteiger partial charge in [0, 0.05) is 13.1 Å². The molecule has 1 aliphatic heterocycles. The lowest BCUT2D eigenvalue weighted by molar-refractivity contribution is 0.467. The largest absolute Gasteiger partial charge is 0.243 e. The molecular formula is C16H21NO2S. The summed E-state index contributed by atoms with van der Waals surface area (Å²) >= 11 is 0. The molecule has 0 saturated heterocycles. The zero-order valence-electron chi connectivity index (χ0n) is 12.0. The Morgan fingerprint density at radius 1 is 1.00 bits per heavy atom. The summed E-state index contributed by atoms with van der Waals surface area (Å²) in [5.74, 6) is 0. The molecule has 0 fully saturated rings. The highest BCUT2D eigenvalue weighted by molar-refractivity contribution is 7.89. The van der Waals surface area contributed by atoms with Crippen LogP contribution < -0.4 is 0 Å². The Morgan fingerprint density at radius 2 is 1.70 bits per heavy atom. The molecule has 0 radical (unpaired) electrons. The van der Waals surface area contributed by atoms with Crippen LogP contribution >= 0.6 is 0 Å². The summed E-state index contributed by atoms with van der Waals surface area (Å²) in [5, 5.41) is 0. The lowest BCUT2D eigenvalue weighted by atomic mass is 10.2. The number of hydrogen-bond donors (Lipinski definition) is 0. The minimum absolute atomic E-state index is 0.364. The Labute approximate surface area is 121 Å². The van der Waals surface area contributed by atoms with E-state index in [1.807, 2.05) is 38.1 Å². The standard InChI is InChI=1S/C16H21NO2S/c1-14-8-10-16(11-9-14)20(18,19)17-12-6-4-3-5-7-15(2)13-17/h4,6-11H,3,5,12-13H2,1-2H3/b6-4-,15-7+. The van der Waals surface area contributed by atoms with Crippen molar-refractivity contribution in [2.45, 2.75) is 31.6 Å². The monoisotopic (exact) mass is 291 g/mol. The number of benzene rings is 1. The van der Waals surface area contributed by atoms with Crippen molar-refractivity contribution in [3.8, 4) is 0 Å². The van der Waals surface area contributed by atoms with E-state index in [4.69, 9.17) is 0 Å². The molecule has 108 valence electrons. The third-order valence-corrected chi connectivity index (χ3v) is 5.21. The van der Waals surface area contributed by atoms with Crippen molar-refractivity contribution in [2.24, 2.45) is 0 Å². The first-order chi connectivity index (χ1) is 9.50. The summed E-state index contributed by atoms with van der Waals surface area (Å²) in [4.78, 5) is 0.364. The van der Waals surface area contributed by atoms with E-state index in [-0.39, 0.29) is 0 Å². The fourth-order valence-corrected chi connectivity index (χ4v) is 3.62. The Kier molecular flexibility index (Phi) is 4.78. The predicted octanol–water partition coefficient (Wildman–Crippen LogP) is 3.28. The molecule has 1 aromatic carbocycles. The Morgan fingerprint density at radius 3 is 2.40 bits per heavy atom. The molecule has 2 rings (SSSR count). The van der Waals surface area contributed by atoms with Crippen LogP contribution in [0, 0.1) is 6.92 Å². The van der Waals surface area contributed by atoms with Crippen LogP contribution in [0.1, 0.15) is 25.3 Å². The lowest BCUT2D eigenvalue weighted by Gasteiger charge is -2.21. The van der Waals surface area contributed by atoms with Crippen molar-refractivity contribution in [3.63, 3.8) is 0 Å². The lowest BCUT2D eigenvalue weighted by Crippen LogP contribution is -2.32. The van der Waals surface area contributed by atoms with E-state index in [1.54, 1.807) is 12.1 Å². The molecule has 0 unspecified atom stereocenters. The predicted molar refractivity (Wildman–Crippen MR) is 82.1 cm³/mol. The highest BCUT2D eigenvalue weighted by Gasteiger charge is 2.23. The summed E-state index contributed by atoms with van der Waals surface area (Å²) < 4.78 is 26.9. The topological polar surface area (TPSA) is 37.4 Å². The zero-order valence-corrected chi connectivity index (χ0v) is 12.9. The van der Waals surface area contributed by atoms with Gasteiger partial charge in [-0.3, -0.25) is 0 Å². The van der Waals surface area contributed by atoms with Gasteiger partial charge in [-0.1, -0.05) is 41.5 Å². The minimum Gasteiger partial charge on any atom is -0.207 e. The molecule has 1 heterocycles. The summed E-state index contributed by atoms with van der Waals surface area (Å²) in [5.41, 5.74) is 2.16. The maximum Gasteiger partial charge on any atom is 0.243 e. The summed E-state index contributed by atoms with van der Waals surface area (Å²) in [7, 11) is -3.43. The fraction of sp³-hybridized carbons (Fsp3) is 0.375. The molecule has 20 heavy (non-hydrogen) atoms. The van der Waals surface area contributed by atoms with E-state index in [0.29, 0.717) is 18.0 Å². The van der Waals surface area contributed by atoms with E-state index >= 15 is 0 Å². The van der Waals surface area contributed by atoms with Gasteiger partial charge in [0.05, 0.1) is 4.90 Å². The number of nitrogens with zero attached hydrogens (tertiary/aromatic N) is 1. The molecule has 4 heteroatoms. The van der Waals surface area contributed by atoms with Crippen LogP contribution in [0.4, 0.5) is 0 Å².